The van der Waals surface area contributed by atoms with Crippen molar-refractivity contribution in [2.75, 3.05) is 5.75 Å². The Kier molecular flexibility index (Phi) is 8.30. The molecule has 1 aromatic heterocycles. The molecule has 6 nitrogen and oxygen atoms in total. The van der Waals surface area contributed by atoms with Gasteiger partial charge in [-0.05, 0) is 18.1 Å². The summed E-state index contributed by atoms with van der Waals surface area (Å²) in [4.78, 5) is 26.1. The summed E-state index contributed by atoms with van der Waals surface area (Å²) in [5.41, 5.74) is 7.34. The van der Waals surface area contributed by atoms with E-state index in [1.165, 1.54) is 34.9 Å². The fourth-order valence-corrected chi connectivity index (χ4v) is 5.70. The van der Waals surface area contributed by atoms with Crippen LogP contribution in [-0.2, 0) is 22.7 Å². The fourth-order valence-electron chi connectivity index (χ4n) is 2.71. The maximum absolute atomic E-state index is 13.3. The average Bonchev–Trinajstić information content (AvgIpc) is 3.20. The molecule has 0 radical (unpaired) electrons. The standard InChI is InChI=1S/C21H22N4O2S3/c1-15(29-21-24-23-20(30-21)28-14-18(22)26)19(27)25(12-16-8-4-2-5-9-16)13-17-10-6-3-7-11-17/h2-11,15H,12-14H2,1H3,(H2,22,26)/t15-/m0/s1. The molecule has 3 rings (SSSR count). The number of nitrogens with two attached hydrogens (primary N) is 1. The highest BCUT2D eigenvalue weighted by atomic mass is 32.2. The molecule has 0 spiro atoms. The van der Waals surface area contributed by atoms with E-state index < -0.39 is 5.91 Å². The lowest BCUT2D eigenvalue weighted by Crippen LogP contribution is -2.35. The summed E-state index contributed by atoms with van der Waals surface area (Å²) in [7, 11) is 0. The second-order valence-electron chi connectivity index (χ2n) is 6.51. The second kappa shape index (κ2) is 11.1. The average molecular weight is 459 g/mol. The first-order valence-corrected chi connectivity index (χ1v) is 12.0. The molecule has 1 atom stereocenters. The number of rotatable bonds is 10. The van der Waals surface area contributed by atoms with Gasteiger partial charge in [0, 0.05) is 13.1 Å². The molecule has 3 aromatic rings. The molecule has 0 saturated heterocycles. The van der Waals surface area contributed by atoms with Gasteiger partial charge in [-0.15, -0.1) is 10.2 Å². The minimum Gasteiger partial charge on any atom is -0.369 e. The highest BCUT2D eigenvalue weighted by Gasteiger charge is 2.23. The van der Waals surface area contributed by atoms with Crippen molar-refractivity contribution < 1.29 is 9.59 Å². The summed E-state index contributed by atoms with van der Waals surface area (Å²) in [6.45, 7) is 2.96. The number of primary amides is 1. The van der Waals surface area contributed by atoms with E-state index in [0.717, 1.165) is 11.1 Å². The molecule has 0 aliphatic carbocycles. The van der Waals surface area contributed by atoms with Gasteiger partial charge in [0.05, 0.1) is 11.0 Å². The monoisotopic (exact) mass is 458 g/mol. The molecule has 2 N–H and O–H groups in total. The largest absolute Gasteiger partial charge is 0.369 e. The van der Waals surface area contributed by atoms with Crippen molar-refractivity contribution in [1.82, 2.24) is 15.1 Å². The molecular weight excluding hydrogens is 436 g/mol. The van der Waals surface area contributed by atoms with E-state index in [1.807, 2.05) is 72.5 Å². The summed E-state index contributed by atoms with van der Waals surface area (Å²) in [6, 6.07) is 19.9. The number of nitrogens with zero attached hydrogens (tertiary/aromatic N) is 3. The van der Waals surface area contributed by atoms with Crippen LogP contribution in [0.3, 0.4) is 0 Å². The molecule has 0 aliphatic rings. The molecule has 0 aliphatic heterocycles. The second-order valence-corrected chi connectivity index (χ2v) is 10.3. The Hall–Kier alpha value is -2.36. The van der Waals surface area contributed by atoms with Crippen LogP contribution < -0.4 is 5.73 Å². The van der Waals surface area contributed by atoms with Gasteiger partial charge in [-0.25, -0.2) is 0 Å². The van der Waals surface area contributed by atoms with Gasteiger partial charge in [-0.3, -0.25) is 9.59 Å². The van der Waals surface area contributed by atoms with Crippen molar-refractivity contribution in [3.8, 4) is 0 Å². The first-order chi connectivity index (χ1) is 14.5. The van der Waals surface area contributed by atoms with Crippen LogP contribution in [0.15, 0.2) is 69.3 Å². The molecule has 156 valence electrons. The summed E-state index contributed by atoms with van der Waals surface area (Å²) in [5, 5.41) is 7.87. The zero-order valence-electron chi connectivity index (χ0n) is 16.4. The first kappa shape index (κ1) is 22.3. The van der Waals surface area contributed by atoms with Gasteiger partial charge in [0.2, 0.25) is 11.8 Å². The van der Waals surface area contributed by atoms with Crippen molar-refractivity contribution in [3.63, 3.8) is 0 Å². The van der Waals surface area contributed by atoms with Gasteiger partial charge in [-0.1, -0.05) is 95.5 Å². The minimum absolute atomic E-state index is 0.0363. The third-order valence-corrected chi connectivity index (χ3v) is 7.35. The molecule has 2 aromatic carbocycles. The van der Waals surface area contributed by atoms with Crippen LogP contribution in [0.25, 0.3) is 0 Å². The number of amides is 2. The molecule has 0 saturated carbocycles. The van der Waals surface area contributed by atoms with Gasteiger partial charge in [-0.2, -0.15) is 0 Å². The number of hydrogen-bond donors (Lipinski definition) is 1. The number of aromatic nitrogens is 2. The topological polar surface area (TPSA) is 89.2 Å². The number of benzene rings is 2. The highest BCUT2D eigenvalue weighted by Crippen LogP contribution is 2.32. The number of thioether (sulfide) groups is 2. The Morgan fingerprint density at radius 2 is 1.50 bits per heavy atom. The third-order valence-electron chi connectivity index (χ3n) is 4.10. The van der Waals surface area contributed by atoms with Gasteiger partial charge >= 0.3 is 0 Å². The lowest BCUT2D eigenvalue weighted by atomic mass is 10.1. The quantitative estimate of drug-likeness (QED) is 0.465. The van der Waals surface area contributed by atoms with Crippen molar-refractivity contribution in [2.45, 2.75) is 33.9 Å². The van der Waals surface area contributed by atoms with E-state index in [2.05, 4.69) is 10.2 Å². The summed E-state index contributed by atoms with van der Waals surface area (Å²) >= 11 is 4.00. The Morgan fingerprint density at radius 3 is 2.03 bits per heavy atom. The zero-order chi connectivity index (χ0) is 21.3. The first-order valence-electron chi connectivity index (χ1n) is 9.29. The van der Waals surface area contributed by atoms with Crippen molar-refractivity contribution >= 4 is 46.7 Å². The maximum Gasteiger partial charge on any atom is 0.236 e. The third kappa shape index (κ3) is 6.86. The van der Waals surface area contributed by atoms with E-state index in [9.17, 15) is 9.59 Å². The number of carbonyl (C=O) groups is 2. The van der Waals surface area contributed by atoms with E-state index in [4.69, 9.17) is 5.73 Å². The molecule has 1 heterocycles. The molecule has 0 unspecified atom stereocenters. The smallest absolute Gasteiger partial charge is 0.236 e. The van der Waals surface area contributed by atoms with Gasteiger partial charge in [0.25, 0.3) is 0 Å². The molecule has 0 fully saturated rings. The minimum atomic E-state index is -0.398. The molecule has 9 heteroatoms. The van der Waals surface area contributed by atoms with E-state index in [0.29, 0.717) is 21.8 Å². The van der Waals surface area contributed by atoms with Crippen LogP contribution in [0.2, 0.25) is 0 Å². The van der Waals surface area contributed by atoms with Gasteiger partial charge in [0.1, 0.15) is 0 Å². The Morgan fingerprint density at radius 1 is 0.967 bits per heavy atom. The number of hydrogen-bond acceptors (Lipinski definition) is 7. The molecule has 0 bridgehead atoms. The Bertz CT molecular complexity index is 925. The summed E-state index contributed by atoms with van der Waals surface area (Å²) in [6.07, 6.45) is 0. The van der Waals surface area contributed by atoms with Crippen LogP contribution in [0.4, 0.5) is 0 Å². The molecular formula is C21H22N4O2S3. The van der Waals surface area contributed by atoms with Crippen LogP contribution in [-0.4, -0.2) is 37.9 Å². The van der Waals surface area contributed by atoms with E-state index >= 15 is 0 Å². The summed E-state index contributed by atoms with van der Waals surface area (Å²) in [5.74, 6) is -0.199. The van der Waals surface area contributed by atoms with Crippen molar-refractivity contribution in [1.29, 1.82) is 0 Å². The fraction of sp³-hybridized carbons (Fsp3) is 0.238. The SMILES string of the molecule is C[C@H](Sc1nnc(SCC(N)=O)s1)C(=O)N(Cc1ccccc1)Cc1ccccc1. The molecule has 30 heavy (non-hydrogen) atoms. The molecule has 2 amide bonds. The number of carbonyl (C=O) groups excluding carboxylic acids is 2. The predicted molar refractivity (Wildman–Crippen MR) is 122 cm³/mol. The predicted octanol–water partition coefficient (Wildman–Crippen LogP) is 3.83. The normalized spacial score (nSPS) is 11.8. The van der Waals surface area contributed by atoms with Crippen molar-refractivity contribution in [3.05, 3.63) is 71.8 Å². The van der Waals surface area contributed by atoms with Crippen molar-refractivity contribution in [2.24, 2.45) is 5.73 Å². The Labute approximate surface area is 188 Å². The highest BCUT2D eigenvalue weighted by molar-refractivity contribution is 8.04. The Balaban J connectivity index is 1.68. The lowest BCUT2D eigenvalue weighted by Gasteiger charge is -2.25. The van der Waals surface area contributed by atoms with Crippen LogP contribution in [0.5, 0.6) is 0 Å². The van der Waals surface area contributed by atoms with Crippen LogP contribution in [0, 0.1) is 0 Å². The van der Waals surface area contributed by atoms with Gasteiger partial charge in [0.15, 0.2) is 8.68 Å². The van der Waals surface area contributed by atoms with E-state index in [-0.39, 0.29) is 16.9 Å². The van der Waals surface area contributed by atoms with E-state index in [1.54, 1.807) is 0 Å². The summed E-state index contributed by atoms with van der Waals surface area (Å²) < 4.78 is 1.36. The lowest BCUT2D eigenvalue weighted by molar-refractivity contribution is -0.131. The zero-order valence-corrected chi connectivity index (χ0v) is 18.9. The van der Waals surface area contributed by atoms with Gasteiger partial charge < -0.3 is 10.6 Å². The van der Waals surface area contributed by atoms with Crippen LogP contribution in [0.1, 0.15) is 18.1 Å². The maximum atomic E-state index is 13.3. The van der Waals surface area contributed by atoms with Crippen LogP contribution >= 0.6 is 34.9 Å².